The lowest BCUT2D eigenvalue weighted by Gasteiger charge is -2.34. The molecule has 1 aliphatic heterocycles. The van der Waals surface area contributed by atoms with Gasteiger partial charge in [-0.2, -0.15) is 5.10 Å². The molecule has 2 unspecified atom stereocenters. The van der Waals surface area contributed by atoms with Crippen molar-refractivity contribution in [2.45, 2.75) is 32.6 Å². The standard InChI is InChI=1S/C11H13N3O2.C8H15N/c1-3-12-11(15)10-8-5-4-7(16-2)6-9(8)13-14-10;1-2-8-4-6-9-5-3-7(1)8/h4-6H,3H2,1-2H3,(H,12,15)(H,13,14);7-9H,1-6H2. The van der Waals surface area contributed by atoms with Gasteiger partial charge in [0.15, 0.2) is 5.69 Å². The summed E-state index contributed by atoms with van der Waals surface area (Å²) in [5.41, 5.74) is 1.21. The minimum absolute atomic E-state index is 0.168. The number of nitrogens with zero attached hydrogens (tertiary/aromatic N) is 1. The van der Waals surface area contributed by atoms with Crippen LogP contribution >= 0.6 is 0 Å². The van der Waals surface area contributed by atoms with Crippen molar-refractivity contribution in [3.8, 4) is 5.75 Å². The molecule has 2 aromatic rings. The average molecular weight is 344 g/mol. The quantitative estimate of drug-likeness (QED) is 0.800. The molecule has 1 aromatic heterocycles. The molecular formula is C19H28N4O2. The fourth-order valence-electron chi connectivity index (χ4n) is 3.64. The fourth-order valence-corrected chi connectivity index (χ4v) is 3.64. The van der Waals surface area contributed by atoms with Crippen molar-refractivity contribution in [1.82, 2.24) is 20.8 Å². The molecule has 0 spiro atoms. The van der Waals surface area contributed by atoms with Crippen LogP contribution in [0.2, 0.25) is 0 Å². The van der Waals surface area contributed by atoms with E-state index in [2.05, 4.69) is 20.8 Å². The highest BCUT2D eigenvalue weighted by Crippen LogP contribution is 2.39. The Morgan fingerprint density at radius 3 is 2.56 bits per heavy atom. The van der Waals surface area contributed by atoms with Crippen LogP contribution in [0.3, 0.4) is 0 Å². The summed E-state index contributed by atoms with van der Waals surface area (Å²) in [5.74, 6) is 2.79. The summed E-state index contributed by atoms with van der Waals surface area (Å²) in [6.45, 7) is 5.02. The first-order chi connectivity index (χ1) is 12.2. The average Bonchev–Trinajstić information content (AvgIpc) is 2.96. The summed E-state index contributed by atoms with van der Waals surface area (Å²) in [4.78, 5) is 11.6. The van der Waals surface area contributed by atoms with E-state index in [1.54, 1.807) is 13.2 Å². The van der Waals surface area contributed by atoms with Gasteiger partial charge < -0.3 is 15.4 Å². The van der Waals surface area contributed by atoms with E-state index in [1.807, 2.05) is 19.1 Å². The molecule has 4 rings (SSSR count). The normalized spacial score (nSPS) is 22.0. The van der Waals surface area contributed by atoms with E-state index in [0.717, 1.165) is 28.5 Å². The molecule has 1 saturated heterocycles. The van der Waals surface area contributed by atoms with E-state index >= 15 is 0 Å². The predicted octanol–water partition coefficient (Wildman–Crippen LogP) is 2.72. The summed E-state index contributed by atoms with van der Waals surface area (Å²) < 4.78 is 5.09. The van der Waals surface area contributed by atoms with Gasteiger partial charge in [-0.1, -0.05) is 0 Å². The molecule has 136 valence electrons. The Morgan fingerprint density at radius 2 is 1.96 bits per heavy atom. The number of ether oxygens (including phenoxy) is 1. The van der Waals surface area contributed by atoms with Crippen molar-refractivity contribution in [1.29, 1.82) is 0 Å². The lowest BCUT2D eigenvalue weighted by molar-refractivity contribution is 0.0952. The number of aromatic amines is 1. The molecule has 2 heterocycles. The zero-order valence-electron chi connectivity index (χ0n) is 15.1. The monoisotopic (exact) mass is 344 g/mol. The number of aromatic nitrogens is 2. The largest absolute Gasteiger partial charge is 0.497 e. The number of rotatable bonds is 3. The highest BCUT2D eigenvalue weighted by molar-refractivity contribution is 6.04. The summed E-state index contributed by atoms with van der Waals surface area (Å²) in [6.07, 6.45) is 5.94. The third-order valence-electron chi connectivity index (χ3n) is 5.28. The topological polar surface area (TPSA) is 79.0 Å². The van der Waals surface area contributed by atoms with Gasteiger partial charge in [-0.05, 0) is 69.7 Å². The Bertz CT molecular complexity index is 701. The molecule has 6 heteroatoms. The lowest BCUT2D eigenvalue weighted by Crippen LogP contribution is -2.24. The molecular weight excluding hydrogens is 316 g/mol. The van der Waals surface area contributed by atoms with Crippen LogP contribution in [-0.2, 0) is 0 Å². The van der Waals surface area contributed by atoms with Crippen molar-refractivity contribution >= 4 is 16.8 Å². The number of hydrogen-bond donors (Lipinski definition) is 3. The smallest absolute Gasteiger partial charge is 0.272 e. The van der Waals surface area contributed by atoms with Crippen LogP contribution in [0.25, 0.3) is 10.9 Å². The number of carbonyl (C=O) groups excluding carboxylic acids is 1. The number of H-pyrrole nitrogens is 1. The lowest BCUT2D eigenvalue weighted by atomic mass is 9.71. The minimum Gasteiger partial charge on any atom is -0.497 e. The summed E-state index contributed by atoms with van der Waals surface area (Å²) in [5, 5.41) is 13.8. The van der Waals surface area contributed by atoms with Gasteiger partial charge in [0.2, 0.25) is 0 Å². The van der Waals surface area contributed by atoms with Crippen molar-refractivity contribution in [2.24, 2.45) is 11.8 Å². The van der Waals surface area contributed by atoms with Crippen molar-refractivity contribution in [2.75, 3.05) is 26.7 Å². The van der Waals surface area contributed by atoms with Gasteiger partial charge in [0.25, 0.3) is 5.91 Å². The highest BCUT2D eigenvalue weighted by atomic mass is 16.5. The maximum Gasteiger partial charge on any atom is 0.272 e. The minimum atomic E-state index is -0.168. The summed E-state index contributed by atoms with van der Waals surface area (Å²) in [6, 6.07) is 5.44. The number of benzene rings is 1. The number of carbonyl (C=O) groups is 1. The van der Waals surface area contributed by atoms with Gasteiger partial charge in [-0.25, -0.2) is 0 Å². The maximum atomic E-state index is 11.6. The van der Waals surface area contributed by atoms with Crippen LogP contribution in [0.5, 0.6) is 5.75 Å². The predicted molar refractivity (Wildman–Crippen MR) is 99.0 cm³/mol. The first-order valence-corrected chi connectivity index (χ1v) is 9.24. The van der Waals surface area contributed by atoms with Crippen molar-refractivity contribution in [3.63, 3.8) is 0 Å². The number of fused-ring (bicyclic) bond motifs is 2. The molecule has 3 N–H and O–H groups in total. The van der Waals surface area contributed by atoms with E-state index in [4.69, 9.17) is 4.74 Å². The van der Waals surface area contributed by atoms with Crippen molar-refractivity contribution in [3.05, 3.63) is 23.9 Å². The highest BCUT2D eigenvalue weighted by Gasteiger charge is 2.30. The van der Waals surface area contributed by atoms with E-state index in [0.29, 0.717) is 12.2 Å². The van der Waals surface area contributed by atoms with Gasteiger partial charge in [0.05, 0.1) is 12.6 Å². The number of hydrogen-bond acceptors (Lipinski definition) is 4. The van der Waals surface area contributed by atoms with Crippen LogP contribution in [0.4, 0.5) is 0 Å². The van der Waals surface area contributed by atoms with Crippen LogP contribution in [0.15, 0.2) is 18.2 Å². The number of nitrogens with one attached hydrogen (secondary N) is 3. The van der Waals surface area contributed by atoms with Crippen molar-refractivity contribution < 1.29 is 9.53 Å². The van der Waals surface area contributed by atoms with Crippen LogP contribution < -0.4 is 15.4 Å². The third kappa shape index (κ3) is 4.12. The maximum absolute atomic E-state index is 11.6. The molecule has 1 amide bonds. The Labute approximate surface area is 148 Å². The molecule has 1 aromatic carbocycles. The molecule has 0 bridgehead atoms. The zero-order valence-corrected chi connectivity index (χ0v) is 15.1. The van der Waals surface area contributed by atoms with Crippen LogP contribution in [0, 0.1) is 11.8 Å². The Hall–Kier alpha value is -2.08. The molecule has 25 heavy (non-hydrogen) atoms. The second-order valence-electron chi connectivity index (χ2n) is 6.77. The molecule has 6 nitrogen and oxygen atoms in total. The summed E-state index contributed by atoms with van der Waals surface area (Å²) in [7, 11) is 1.60. The van der Waals surface area contributed by atoms with Gasteiger partial charge >= 0.3 is 0 Å². The zero-order chi connectivity index (χ0) is 17.6. The number of amides is 1. The molecule has 1 saturated carbocycles. The first-order valence-electron chi connectivity index (χ1n) is 9.24. The molecule has 2 aliphatic rings. The van der Waals surface area contributed by atoms with Gasteiger partial charge in [0.1, 0.15) is 5.75 Å². The van der Waals surface area contributed by atoms with E-state index in [9.17, 15) is 4.79 Å². The Balaban J connectivity index is 0.000000170. The Kier molecular flexibility index (Phi) is 5.91. The van der Waals surface area contributed by atoms with E-state index in [-0.39, 0.29) is 5.91 Å². The molecule has 2 fully saturated rings. The second kappa shape index (κ2) is 8.34. The van der Waals surface area contributed by atoms with Gasteiger partial charge in [-0.15, -0.1) is 0 Å². The van der Waals surface area contributed by atoms with Gasteiger partial charge in [0, 0.05) is 18.0 Å². The van der Waals surface area contributed by atoms with Gasteiger partial charge in [-0.3, -0.25) is 9.89 Å². The Morgan fingerprint density at radius 1 is 1.24 bits per heavy atom. The SMILES string of the molecule is C1CC2CCC2CCN1.CCNC(=O)c1n[nH]c2cc(OC)ccc12. The van der Waals surface area contributed by atoms with Crippen LogP contribution in [0.1, 0.15) is 43.1 Å². The molecule has 0 radical (unpaired) electrons. The molecule has 1 aliphatic carbocycles. The van der Waals surface area contributed by atoms with E-state index in [1.165, 1.54) is 38.8 Å². The fraction of sp³-hybridized carbons (Fsp3) is 0.579. The second-order valence-corrected chi connectivity index (χ2v) is 6.77. The third-order valence-corrected chi connectivity index (χ3v) is 5.28. The van der Waals surface area contributed by atoms with Crippen LogP contribution in [-0.4, -0.2) is 42.8 Å². The summed E-state index contributed by atoms with van der Waals surface area (Å²) >= 11 is 0. The first kappa shape index (κ1) is 17.7. The molecule has 2 atom stereocenters. The number of methoxy groups -OCH3 is 1. The van der Waals surface area contributed by atoms with E-state index < -0.39 is 0 Å².